The highest BCUT2D eigenvalue weighted by Gasteiger charge is 2.12. The zero-order valence-electron chi connectivity index (χ0n) is 12.1. The Kier molecular flexibility index (Phi) is 3.58. The molecule has 3 rings (SSSR count). The monoisotopic (exact) mass is 331 g/mol. The summed E-state index contributed by atoms with van der Waals surface area (Å²) < 4.78 is 24.0. The van der Waals surface area contributed by atoms with Crippen molar-refractivity contribution in [3.63, 3.8) is 0 Å². The van der Waals surface area contributed by atoms with Gasteiger partial charge in [0.15, 0.2) is 5.65 Å². The van der Waals surface area contributed by atoms with Crippen molar-refractivity contribution in [3.05, 3.63) is 54.0 Å². The lowest BCUT2D eigenvalue weighted by Gasteiger charge is -2.06. The van der Waals surface area contributed by atoms with Gasteiger partial charge >= 0.3 is 0 Å². The Labute approximate surface area is 132 Å². The van der Waals surface area contributed by atoms with Crippen LogP contribution in [0.2, 0.25) is 0 Å². The van der Waals surface area contributed by atoms with Crippen molar-refractivity contribution in [2.24, 2.45) is 5.14 Å². The zero-order chi connectivity index (χ0) is 16.6. The van der Waals surface area contributed by atoms with E-state index in [2.05, 4.69) is 15.4 Å². The second kappa shape index (κ2) is 5.45. The van der Waals surface area contributed by atoms with Crippen LogP contribution in [0.4, 0.5) is 5.69 Å². The number of nitrogens with zero attached hydrogens (tertiary/aromatic N) is 3. The van der Waals surface area contributed by atoms with Gasteiger partial charge in [-0.3, -0.25) is 4.79 Å². The van der Waals surface area contributed by atoms with Gasteiger partial charge in [0.1, 0.15) is 5.82 Å². The van der Waals surface area contributed by atoms with Crippen molar-refractivity contribution >= 4 is 27.3 Å². The molecule has 0 unspecified atom stereocenters. The predicted octanol–water partition coefficient (Wildman–Crippen LogP) is 0.937. The molecule has 1 aromatic carbocycles. The third-order valence-corrected chi connectivity index (χ3v) is 4.09. The Bertz CT molecular complexity index is 993. The Morgan fingerprint density at radius 1 is 1.22 bits per heavy atom. The number of nitrogens with one attached hydrogen (secondary N) is 1. The van der Waals surface area contributed by atoms with Crippen molar-refractivity contribution in [2.45, 2.75) is 11.8 Å². The average molecular weight is 331 g/mol. The Morgan fingerprint density at radius 3 is 2.57 bits per heavy atom. The van der Waals surface area contributed by atoms with Gasteiger partial charge in [-0.25, -0.2) is 23.1 Å². The molecule has 9 heteroatoms. The number of hydrogen-bond donors (Lipinski definition) is 2. The van der Waals surface area contributed by atoms with Crippen LogP contribution in [0.3, 0.4) is 0 Å². The molecule has 118 valence electrons. The maximum atomic E-state index is 12.3. The van der Waals surface area contributed by atoms with Gasteiger partial charge in [0.05, 0.1) is 10.6 Å². The number of nitrogens with two attached hydrogens (primary N) is 1. The van der Waals surface area contributed by atoms with Crippen LogP contribution in [-0.2, 0) is 10.0 Å². The van der Waals surface area contributed by atoms with E-state index < -0.39 is 10.0 Å². The summed E-state index contributed by atoms with van der Waals surface area (Å²) in [6, 6.07) is 8.80. The molecule has 3 N–H and O–H groups in total. The highest BCUT2D eigenvalue weighted by atomic mass is 32.2. The summed E-state index contributed by atoms with van der Waals surface area (Å²) >= 11 is 0. The molecule has 0 bridgehead atoms. The molecule has 1 amide bonds. The molecule has 3 aromatic rings. The number of aryl methyl sites for hydroxylation is 1. The molecule has 0 atom stereocenters. The Morgan fingerprint density at radius 2 is 1.91 bits per heavy atom. The highest BCUT2D eigenvalue weighted by Crippen LogP contribution is 2.16. The number of fused-ring (bicyclic) bond motifs is 1. The quantitative estimate of drug-likeness (QED) is 0.740. The Hall–Kier alpha value is -2.78. The first kappa shape index (κ1) is 15.1. The smallest absolute Gasteiger partial charge is 0.255 e. The summed E-state index contributed by atoms with van der Waals surface area (Å²) in [5.74, 6) is 0.198. The molecule has 0 saturated heterocycles. The lowest BCUT2D eigenvalue weighted by atomic mass is 10.2. The molecule has 0 spiro atoms. The summed E-state index contributed by atoms with van der Waals surface area (Å²) in [5, 5.41) is 11.9. The highest BCUT2D eigenvalue weighted by molar-refractivity contribution is 7.89. The van der Waals surface area contributed by atoms with Gasteiger partial charge in [0.2, 0.25) is 10.0 Å². The van der Waals surface area contributed by atoms with E-state index in [-0.39, 0.29) is 10.8 Å². The topological polar surface area (TPSA) is 119 Å². The molecular weight excluding hydrogens is 318 g/mol. The van der Waals surface area contributed by atoms with Crippen LogP contribution in [0.1, 0.15) is 16.2 Å². The summed E-state index contributed by atoms with van der Waals surface area (Å²) in [4.78, 5) is 16.5. The van der Waals surface area contributed by atoms with Crippen LogP contribution >= 0.6 is 0 Å². The lowest BCUT2D eigenvalue weighted by Crippen LogP contribution is -2.15. The van der Waals surface area contributed by atoms with Crippen LogP contribution in [-0.4, -0.2) is 28.9 Å². The van der Waals surface area contributed by atoms with E-state index >= 15 is 0 Å². The molecular formula is C14H13N5O3S. The fourth-order valence-corrected chi connectivity index (χ4v) is 2.62. The van der Waals surface area contributed by atoms with E-state index in [0.29, 0.717) is 22.7 Å². The first-order valence-corrected chi connectivity index (χ1v) is 8.15. The Balaban J connectivity index is 1.89. The van der Waals surface area contributed by atoms with Crippen molar-refractivity contribution in [3.8, 4) is 0 Å². The molecule has 2 aromatic heterocycles. The van der Waals surface area contributed by atoms with Crippen LogP contribution in [0, 0.1) is 6.92 Å². The molecule has 23 heavy (non-hydrogen) atoms. The molecule has 0 aliphatic carbocycles. The minimum atomic E-state index is -3.78. The molecule has 8 nitrogen and oxygen atoms in total. The summed E-state index contributed by atoms with van der Waals surface area (Å²) in [7, 11) is -3.78. The number of carbonyl (C=O) groups is 1. The van der Waals surface area contributed by atoms with Crippen LogP contribution < -0.4 is 10.5 Å². The number of anilines is 1. The van der Waals surface area contributed by atoms with Crippen molar-refractivity contribution in [1.82, 2.24) is 14.6 Å². The van der Waals surface area contributed by atoms with E-state index in [0.717, 1.165) is 0 Å². The van der Waals surface area contributed by atoms with Gasteiger partial charge in [-0.05, 0) is 43.3 Å². The average Bonchev–Trinajstić information content (AvgIpc) is 2.88. The SMILES string of the molecule is Cc1nc2c(NC(=O)c3ccc(S(N)(=O)=O)cc3)cccn2n1. The van der Waals surface area contributed by atoms with E-state index in [1.807, 2.05) is 0 Å². The maximum absolute atomic E-state index is 12.3. The predicted molar refractivity (Wildman–Crippen MR) is 83.5 cm³/mol. The van der Waals surface area contributed by atoms with Crippen molar-refractivity contribution in [2.75, 3.05) is 5.32 Å². The lowest BCUT2D eigenvalue weighted by molar-refractivity contribution is 0.102. The zero-order valence-corrected chi connectivity index (χ0v) is 12.9. The van der Waals surface area contributed by atoms with Gasteiger partial charge in [0.25, 0.3) is 5.91 Å². The first-order valence-electron chi connectivity index (χ1n) is 6.61. The van der Waals surface area contributed by atoms with E-state index in [1.165, 1.54) is 24.3 Å². The third kappa shape index (κ3) is 3.05. The summed E-state index contributed by atoms with van der Waals surface area (Å²) in [5.41, 5.74) is 1.34. The second-order valence-electron chi connectivity index (χ2n) is 4.87. The molecule has 2 heterocycles. The van der Waals surface area contributed by atoms with Gasteiger partial charge in [-0.15, -0.1) is 0 Å². The largest absolute Gasteiger partial charge is 0.319 e. The number of pyridine rings is 1. The van der Waals surface area contributed by atoms with Crippen molar-refractivity contribution in [1.29, 1.82) is 0 Å². The number of hydrogen-bond acceptors (Lipinski definition) is 5. The second-order valence-corrected chi connectivity index (χ2v) is 6.43. The van der Waals surface area contributed by atoms with Crippen LogP contribution in [0.15, 0.2) is 47.5 Å². The number of carbonyl (C=O) groups excluding carboxylic acids is 1. The third-order valence-electron chi connectivity index (χ3n) is 3.16. The first-order chi connectivity index (χ1) is 10.8. The fraction of sp³-hybridized carbons (Fsp3) is 0.0714. The molecule has 0 aliphatic heterocycles. The maximum Gasteiger partial charge on any atom is 0.255 e. The van der Waals surface area contributed by atoms with Gasteiger partial charge in [-0.2, -0.15) is 5.10 Å². The number of benzene rings is 1. The van der Waals surface area contributed by atoms with Gasteiger partial charge in [-0.1, -0.05) is 0 Å². The van der Waals surface area contributed by atoms with Crippen molar-refractivity contribution < 1.29 is 13.2 Å². The number of aromatic nitrogens is 3. The number of primary sulfonamides is 1. The molecule has 0 radical (unpaired) electrons. The van der Waals surface area contributed by atoms with Crippen LogP contribution in [0.5, 0.6) is 0 Å². The summed E-state index contributed by atoms with van der Waals surface area (Å²) in [6.45, 7) is 1.75. The minimum Gasteiger partial charge on any atom is -0.319 e. The number of amides is 1. The molecule has 0 saturated carbocycles. The number of sulfonamides is 1. The van der Waals surface area contributed by atoms with Gasteiger partial charge in [0, 0.05) is 11.8 Å². The standard InChI is InChI=1S/C14H13N5O3S/c1-9-16-13-12(3-2-8-19(13)18-9)17-14(20)10-4-6-11(7-5-10)23(15,21)22/h2-8H,1H3,(H,17,20)(H2,15,21,22). The van der Waals surface area contributed by atoms with Gasteiger partial charge < -0.3 is 5.32 Å². The van der Waals surface area contributed by atoms with E-state index in [4.69, 9.17) is 5.14 Å². The number of rotatable bonds is 3. The minimum absolute atomic E-state index is 0.0516. The van der Waals surface area contributed by atoms with Crippen LogP contribution in [0.25, 0.3) is 5.65 Å². The molecule has 0 fully saturated rings. The summed E-state index contributed by atoms with van der Waals surface area (Å²) in [6.07, 6.45) is 1.73. The molecule has 0 aliphatic rings. The van der Waals surface area contributed by atoms with E-state index in [9.17, 15) is 13.2 Å². The normalized spacial score (nSPS) is 11.6. The van der Waals surface area contributed by atoms with E-state index in [1.54, 1.807) is 29.8 Å². The fourth-order valence-electron chi connectivity index (χ4n) is 2.10.